The lowest BCUT2D eigenvalue weighted by molar-refractivity contribution is 0.0702. The number of carboxylic acids is 1. The van der Waals surface area contributed by atoms with Gasteiger partial charge in [0.25, 0.3) is 0 Å². The zero-order valence-electron chi connectivity index (χ0n) is 10.6. The SMILES string of the molecule is CNc1nc(-c2ccc3c(c2)CCC3)c(C(=O)O)s1. The first-order valence-corrected chi connectivity index (χ1v) is 7.04. The van der Waals surface area contributed by atoms with E-state index in [1.165, 1.54) is 28.9 Å². The normalized spacial score (nSPS) is 13.3. The van der Waals surface area contributed by atoms with Gasteiger partial charge < -0.3 is 10.4 Å². The van der Waals surface area contributed by atoms with Crippen molar-refractivity contribution in [3.63, 3.8) is 0 Å². The van der Waals surface area contributed by atoms with Crippen LogP contribution in [0, 0.1) is 0 Å². The summed E-state index contributed by atoms with van der Waals surface area (Å²) in [7, 11) is 1.75. The van der Waals surface area contributed by atoms with E-state index < -0.39 is 5.97 Å². The third-order valence-electron chi connectivity index (χ3n) is 3.41. The first kappa shape index (κ1) is 12.2. The van der Waals surface area contributed by atoms with E-state index in [4.69, 9.17) is 0 Å². The summed E-state index contributed by atoms with van der Waals surface area (Å²) in [5, 5.41) is 12.8. The molecule has 2 aromatic rings. The molecule has 1 aromatic carbocycles. The molecule has 0 saturated carbocycles. The Balaban J connectivity index is 2.10. The number of aromatic nitrogens is 1. The topological polar surface area (TPSA) is 62.2 Å². The van der Waals surface area contributed by atoms with E-state index in [0.29, 0.717) is 15.7 Å². The van der Waals surface area contributed by atoms with Crippen LogP contribution >= 0.6 is 11.3 Å². The molecule has 19 heavy (non-hydrogen) atoms. The number of benzene rings is 1. The molecule has 0 spiro atoms. The van der Waals surface area contributed by atoms with Crippen LogP contribution in [0.15, 0.2) is 18.2 Å². The van der Waals surface area contributed by atoms with Gasteiger partial charge in [-0.2, -0.15) is 0 Å². The molecule has 1 aromatic heterocycles. The van der Waals surface area contributed by atoms with Crippen molar-refractivity contribution in [3.8, 4) is 11.3 Å². The Kier molecular flexibility index (Phi) is 2.98. The highest BCUT2D eigenvalue weighted by Gasteiger charge is 2.20. The molecular formula is C14H14N2O2S. The van der Waals surface area contributed by atoms with E-state index in [1.54, 1.807) is 7.05 Å². The van der Waals surface area contributed by atoms with Crippen LogP contribution in [0.1, 0.15) is 27.2 Å². The second kappa shape index (κ2) is 4.66. The number of fused-ring (bicyclic) bond motifs is 1. The molecule has 3 rings (SSSR count). The summed E-state index contributed by atoms with van der Waals surface area (Å²) in [5.74, 6) is -0.922. The molecule has 98 valence electrons. The van der Waals surface area contributed by atoms with Crippen LogP contribution in [0.4, 0.5) is 5.13 Å². The molecular weight excluding hydrogens is 260 g/mol. The molecule has 0 saturated heterocycles. The number of thiazole rings is 1. The van der Waals surface area contributed by atoms with Crippen LogP contribution in [-0.4, -0.2) is 23.1 Å². The number of nitrogens with one attached hydrogen (secondary N) is 1. The Morgan fingerprint density at radius 3 is 2.89 bits per heavy atom. The molecule has 0 radical (unpaired) electrons. The summed E-state index contributed by atoms with van der Waals surface area (Å²) in [6, 6.07) is 6.16. The summed E-state index contributed by atoms with van der Waals surface area (Å²) in [4.78, 5) is 16.0. The van der Waals surface area contributed by atoms with Crippen molar-refractivity contribution in [1.82, 2.24) is 4.98 Å². The van der Waals surface area contributed by atoms with Gasteiger partial charge in [0, 0.05) is 12.6 Å². The van der Waals surface area contributed by atoms with Crippen LogP contribution < -0.4 is 5.32 Å². The molecule has 1 aliphatic rings. The van der Waals surface area contributed by atoms with Gasteiger partial charge in [0.2, 0.25) is 0 Å². The summed E-state index contributed by atoms with van der Waals surface area (Å²) in [5.41, 5.74) is 4.17. The standard InChI is InChI=1S/C14H14N2O2S/c1-15-14-16-11(12(19-14)13(17)18)10-6-5-8-3-2-4-9(8)7-10/h5-7H,2-4H2,1H3,(H,15,16)(H,17,18). The lowest BCUT2D eigenvalue weighted by Gasteiger charge is -2.03. The molecule has 5 heteroatoms. The molecule has 0 unspecified atom stereocenters. The minimum atomic E-state index is -0.922. The number of aryl methyl sites for hydroxylation is 2. The first-order chi connectivity index (χ1) is 9.19. The van der Waals surface area contributed by atoms with Gasteiger partial charge in [-0.25, -0.2) is 9.78 Å². The molecule has 1 aliphatic carbocycles. The number of nitrogens with zero attached hydrogens (tertiary/aromatic N) is 1. The van der Waals surface area contributed by atoms with Gasteiger partial charge in [-0.15, -0.1) is 0 Å². The fraction of sp³-hybridized carbons (Fsp3) is 0.286. The van der Waals surface area contributed by atoms with Gasteiger partial charge in [0.05, 0.1) is 5.69 Å². The Bertz CT molecular complexity index is 649. The second-order valence-corrected chi connectivity index (χ2v) is 5.59. The van der Waals surface area contributed by atoms with Crippen molar-refractivity contribution in [2.24, 2.45) is 0 Å². The van der Waals surface area contributed by atoms with Gasteiger partial charge in [0.15, 0.2) is 5.13 Å². The van der Waals surface area contributed by atoms with E-state index in [9.17, 15) is 9.90 Å². The molecule has 0 atom stereocenters. The van der Waals surface area contributed by atoms with E-state index in [2.05, 4.69) is 22.4 Å². The second-order valence-electron chi connectivity index (χ2n) is 4.59. The Morgan fingerprint density at radius 1 is 1.37 bits per heavy atom. The lowest BCUT2D eigenvalue weighted by atomic mass is 10.0. The highest BCUT2D eigenvalue weighted by molar-refractivity contribution is 7.17. The number of carbonyl (C=O) groups is 1. The third kappa shape index (κ3) is 2.10. The maximum atomic E-state index is 11.3. The maximum Gasteiger partial charge on any atom is 0.348 e. The zero-order chi connectivity index (χ0) is 13.4. The number of hydrogen-bond acceptors (Lipinski definition) is 4. The average Bonchev–Trinajstić information content (AvgIpc) is 3.04. The van der Waals surface area contributed by atoms with Crippen LogP contribution in [0.2, 0.25) is 0 Å². The first-order valence-electron chi connectivity index (χ1n) is 6.23. The lowest BCUT2D eigenvalue weighted by Crippen LogP contribution is -1.96. The van der Waals surface area contributed by atoms with Crippen LogP contribution in [0.3, 0.4) is 0 Å². The number of carboxylic acid groups (broad SMARTS) is 1. The van der Waals surface area contributed by atoms with E-state index in [0.717, 1.165) is 18.4 Å². The Labute approximate surface area is 115 Å². The fourth-order valence-electron chi connectivity index (χ4n) is 2.49. The summed E-state index contributed by atoms with van der Waals surface area (Å²) in [6.45, 7) is 0. The van der Waals surface area contributed by atoms with Crippen LogP contribution in [-0.2, 0) is 12.8 Å². The largest absolute Gasteiger partial charge is 0.477 e. The van der Waals surface area contributed by atoms with Gasteiger partial charge >= 0.3 is 5.97 Å². The molecule has 2 N–H and O–H groups in total. The maximum absolute atomic E-state index is 11.3. The number of rotatable bonds is 3. The van der Waals surface area contributed by atoms with Crippen molar-refractivity contribution in [2.75, 3.05) is 12.4 Å². The highest BCUT2D eigenvalue weighted by atomic mass is 32.1. The van der Waals surface area contributed by atoms with Crippen LogP contribution in [0.5, 0.6) is 0 Å². The summed E-state index contributed by atoms with van der Waals surface area (Å²) >= 11 is 1.17. The molecule has 0 fully saturated rings. The number of aromatic carboxylic acids is 1. The van der Waals surface area contributed by atoms with Crippen molar-refractivity contribution >= 4 is 22.4 Å². The fourth-order valence-corrected chi connectivity index (χ4v) is 3.27. The minimum absolute atomic E-state index is 0.294. The molecule has 0 aliphatic heterocycles. The summed E-state index contributed by atoms with van der Waals surface area (Å²) < 4.78 is 0. The molecule has 0 amide bonds. The third-order valence-corrected chi connectivity index (χ3v) is 4.47. The smallest absolute Gasteiger partial charge is 0.348 e. The summed E-state index contributed by atoms with van der Waals surface area (Å²) in [6.07, 6.45) is 3.39. The van der Waals surface area contributed by atoms with Gasteiger partial charge in [-0.3, -0.25) is 0 Å². The quantitative estimate of drug-likeness (QED) is 0.903. The minimum Gasteiger partial charge on any atom is -0.477 e. The Morgan fingerprint density at radius 2 is 2.16 bits per heavy atom. The number of hydrogen-bond donors (Lipinski definition) is 2. The van der Waals surface area contributed by atoms with Crippen LogP contribution in [0.25, 0.3) is 11.3 Å². The zero-order valence-corrected chi connectivity index (χ0v) is 11.4. The number of anilines is 1. The van der Waals surface area contributed by atoms with Crippen molar-refractivity contribution in [2.45, 2.75) is 19.3 Å². The predicted octanol–water partition coefficient (Wildman–Crippen LogP) is 3.04. The molecule has 0 bridgehead atoms. The van der Waals surface area contributed by atoms with Crippen molar-refractivity contribution in [1.29, 1.82) is 0 Å². The highest BCUT2D eigenvalue weighted by Crippen LogP contribution is 2.33. The van der Waals surface area contributed by atoms with E-state index >= 15 is 0 Å². The average molecular weight is 274 g/mol. The van der Waals surface area contributed by atoms with Gasteiger partial charge in [-0.05, 0) is 36.5 Å². The molecule has 4 nitrogen and oxygen atoms in total. The van der Waals surface area contributed by atoms with Gasteiger partial charge in [-0.1, -0.05) is 23.5 Å². The van der Waals surface area contributed by atoms with E-state index in [1.807, 2.05) is 6.07 Å². The predicted molar refractivity (Wildman–Crippen MR) is 76.1 cm³/mol. The van der Waals surface area contributed by atoms with Crippen molar-refractivity contribution in [3.05, 3.63) is 34.2 Å². The monoisotopic (exact) mass is 274 g/mol. The van der Waals surface area contributed by atoms with Gasteiger partial charge in [0.1, 0.15) is 4.88 Å². The molecule has 1 heterocycles. The van der Waals surface area contributed by atoms with E-state index in [-0.39, 0.29) is 0 Å². The Hall–Kier alpha value is -1.88. The van der Waals surface area contributed by atoms with Crippen molar-refractivity contribution < 1.29 is 9.90 Å².